The highest BCUT2D eigenvalue weighted by atomic mass is 19.1. The first-order valence-corrected chi connectivity index (χ1v) is 5.45. The fourth-order valence-electron chi connectivity index (χ4n) is 1.58. The van der Waals surface area contributed by atoms with Crippen LogP contribution in [0.5, 0.6) is 0 Å². The Morgan fingerprint density at radius 1 is 1.38 bits per heavy atom. The van der Waals surface area contributed by atoms with Crippen LogP contribution in [0.3, 0.4) is 0 Å². The molecule has 0 saturated heterocycles. The molecule has 4 N–H and O–H groups in total. The number of benzene rings is 1. The summed E-state index contributed by atoms with van der Waals surface area (Å²) in [6, 6.07) is 4.26. The molecule has 1 rings (SSSR count). The van der Waals surface area contributed by atoms with Crippen LogP contribution in [0.25, 0.3) is 0 Å². The molecule has 1 aromatic carbocycles. The molecule has 0 aliphatic rings. The molecule has 4 heteroatoms. The van der Waals surface area contributed by atoms with Crippen molar-refractivity contribution in [2.24, 2.45) is 5.92 Å². The third-order valence-electron chi connectivity index (χ3n) is 2.21. The predicted octanol–water partition coefficient (Wildman–Crippen LogP) is 2.23. The van der Waals surface area contributed by atoms with Gasteiger partial charge < -0.3 is 16.2 Å². The van der Waals surface area contributed by atoms with Gasteiger partial charge in [0.15, 0.2) is 0 Å². The maximum Gasteiger partial charge on any atom is 0.127 e. The minimum absolute atomic E-state index is 0.374. The Morgan fingerprint density at radius 3 is 2.62 bits per heavy atom. The van der Waals surface area contributed by atoms with E-state index in [0.717, 1.165) is 6.42 Å². The van der Waals surface area contributed by atoms with Crippen molar-refractivity contribution >= 4 is 11.4 Å². The number of aliphatic hydroxyl groups excluding tert-OH is 1. The van der Waals surface area contributed by atoms with E-state index in [4.69, 9.17) is 5.73 Å². The SMILES string of the molecule is CC(C)CC(O)CNc1cc(N)cc(F)c1. The molecule has 0 aliphatic heterocycles. The highest BCUT2D eigenvalue weighted by molar-refractivity contribution is 5.54. The van der Waals surface area contributed by atoms with E-state index in [2.05, 4.69) is 5.32 Å². The standard InChI is InChI=1S/C12H19FN2O/c1-8(2)3-12(16)7-15-11-5-9(13)4-10(14)6-11/h4-6,8,12,15-16H,3,7,14H2,1-2H3. The third-order valence-corrected chi connectivity index (χ3v) is 2.21. The molecule has 1 unspecified atom stereocenters. The van der Waals surface area contributed by atoms with Crippen LogP contribution in [-0.4, -0.2) is 17.8 Å². The second-order valence-electron chi connectivity index (χ2n) is 4.44. The zero-order valence-corrected chi connectivity index (χ0v) is 9.70. The van der Waals surface area contributed by atoms with E-state index >= 15 is 0 Å². The van der Waals surface area contributed by atoms with Gasteiger partial charge in [0, 0.05) is 17.9 Å². The lowest BCUT2D eigenvalue weighted by Crippen LogP contribution is -2.21. The monoisotopic (exact) mass is 226 g/mol. The molecular formula is C12H19FN2O. The molecule has 0 amide bonds. The van der Waals surface area contributed by atoms with Gasteiger partial charge in [0.05, 0.1) is 6.10 Å². The molecule has 0 radical (unpaired) electrons. The van der Waals surface area contributed by atoms with Gasteiger partial charge in [-0.25, -0.2) is 4.39 Å². The molecule has 0 fully saturated rings. The van der Waals surface area contributed by atoms with Crippen LogP contribution >= 0.6 is 0 Å². The zero-order chi connectivity index (χ0) is 12.1. The van der Waals surface area contributed by atoms with Crippen molar-refractivity contribution in [3.63, 3.8) is 0 Å². The van der Waals surface area contributed by atoms with Gasteiger partial charge in [-0.2, -0.15) is 0 Å². The van der Waals surface area contributed by atoms with Gasteiger partial charge >= 0.3 is 0 Å². The molecule has 0 bridgehead atoms. The van der Waals surface area contributed by atoms with Crippen LogP contribution in [0.1, 0.15) is 20.3 Å². The number of halogens is 1. The van der Waals surface area contributed by atoms with Crippen LogP contribution in [0.15, 0.2) is 18.2 Å². The van der Waals surface area contributed by atoms with Crippen molar-refractivity contribution in [3.05, 3.63) is 24.0 Å². The van der Waals surface area contributed by atoms with E-state index < -0.39 is 6.10 Å². The maximum atomic E-state index is 13.0. The van der Waals surface area contributed by atoms with Crippen molar-refractivity contribution in [1.82, 2.24) is 0 Å². The fourth-order valence-corrected chi connectivity index (χ4v) is 1.58. The number of aliphatic hydroxyl groups is 1. The Hall–Kier alpha value is -1.29. The fraction of sp³-hybridized carbons (Fsp3) is 0.500. The first-order chi connectivity index (χ1) is 7.47. The highest BCUT2D eigenvalue weighted by Crippen LogP contribution is 2.15. The van der Waals surface area contributed by atoms with Crippen molar-refractivity contribution in [3.8, 4) is 0 Å². The number of rotatable bonds is 5. The Balaban J connectivity index is 2.48. The number of nitrogen functional groups attached to an aromatic ring is 1. The lowest BCUT2D eigenvalue weighted by molar-refractivity contribution is 0.161. The largest absolute Gasteiger partial charge is 0.399 e. The van der Waals surface area contributed by atoms with Crippen LogP contribution < -0.4 is 11.1 Å². The molecule has 0 saturated carbocycles. The van der Waals surface area contributed by atoms with E-state index in [1.165, 1.54) is 12.1 Å². The van der Waals surface area contributed by atoms with Crippen LogP contribution in [0, 0.1) is 11.7 Å². The molecule has 0 aliphatic carbocycles. The molecule has 1 aromatic rings. The van der Waals surface area contributed by atoms with Crippen molar-refractivity contribution in [1.29, 1.82) is 0 Å². The molecule has 90 valence electrons. The third kappa shape index (κ3) is 4.49. The van der Waals surface area contributed by atoms with E-state index in [1.54, 1.807) is 6.07 Å². The summed E-state index contributed by atoms with van der Waals surface area (Å²) in [6.07, 6.45) is 0.294. The normalized spacial score (nSPS) is 12.8. The van der Waals surface area contributed by atoms with Gasteiger partial charge in [0.25, 0.3) is 0 Å². The highest BCUT2D eigenvalue weighted by Gasteiger charge is 2.07. The van der Waals surface area contributed by atoms with E-state index in [-0.39, 0.29) is 5.82 Å². The first kappa shape index (κ1) is 12.8. The molecule has 1 atom stereocenters. The second-order valence-corrected chi connectivity index (χ2v) is 4.44. The van der Waals surface area contributed by atoms with E-state index in [0.29, 0.717) is 23.8 Å². The quantitative estimate of drug-likeness (QED) is 0.675. The van der Waals surface area contributed by atoms with Crippen molar-refractivity contribution in [2.75, 3.05) is 17.6 Å². The summed E-state index contributed by atoms with van der Waals surface area (Å²) >= 11 is 0. The van der Waals surface area contributed by atoms with Gasteiger partial charge in [0.2, 0.25) is 0 Å². The van der Waals surface area contributed by atoms with Crippen molar-refractivity contribution < 1.29 is 9.50 Å². The summed E-state index contributed by atoms with van der Waals surface area (Å²) < 4.78 is 13.0. The molecule has 0 aromatic heterocycles. The van der Waals surface area contributed by atoms with Crippen molar-refractivity contribution in [2.45, 2.75) is 26.4 Å². The summed E-state index contributed by atoms with van der Waals surface area (Å²) in [5, 5.41) is 12.6. The van der Waals surface area contributed by atoms with Gasteiger partial charge in [0.1, 0.15) is 5.82 Å². The van der Waals surface area contributed by atoms with Crippen LogP contribution in [0.4, 0.5) is 15.8 Å². The molecule has 3 nitrogen and oxygen atoms in total. The molecule has 16 heavy (non-hydrogen) atoms. The smallest absolute Gasteiger partial charge is 0.127 e. The van der Waals surface area contributed by atoms with Crippen LogP contribution in [0.2, 0.25) is 0 Å². The minimum Gasteiger partial charge on any atom is -0.399 e. The van der Waals surface area contributed by atoms with Crippen LogP contribution in [-0.2, 0) is 0 Å². The lowest BCUT2D eigenvalue weighted by atomic mass is 10.1. The summed E-state index contributed by atoms with van der Waals surface area (Å²) in [5.74, 6) is 0.0650. The second kappa shape index (κ2) is 5.70. The maximum absolute atomic E-state index is 13.0. The molecule has 0 heterocycles. The first-order valence-electron chi connectivity index (χ1n) is 5.45. The number of nitrogens with two attached hydrogens (primary N) is 1. The van der Waals surface area contributed by atoms with Gasteiger partial charge in [-0.05, 0) is 30.5 Å². The number of nitrogens with one attached hydrogen (secondary N) is 1. The van der Waals surface area contributed by atoms with E-state index in [9.17, 15) is 9.50 Å². The Labute approximate surface area is 95.5 Å². The minimum atomic E-state index is -0.426. The molecule has 0 spiro atoms. The average molecular weight is 226 g/mol. The average Bonchev–Trinajstić information content (AvgIpc) is 2.12. The summed E-state index contributed by atoms with van der Waals surface area (Å²) in [6.45, 7) is 4.49. The van der Waals surface area contributed by atoms with Gasteiger partial charge in [-0.1, -0.05) is 13.8 Å². The number of hydrogen-bond acceptors (Lipinski definition) is 3. The van der Waals surface area contributed by atoms with Gasteiger partial charge in [-0.3, -0.25) is 0 Å². The Kier molecular flexibility index (Phi) is 4.55. The van der Waals surface area contributed by atoms with Gasteiger partial charge in [-0.15, -0.1) is 0 Å². The number of anilines is 2. The zero-order valence-electron chi connectivity index (χ0n) is 9.70. The summed E-state index contributed by atoms with van der Waals surface area (Å²) in [7, 11) is 0. The summed E-state index contributed by atoms with van der Waals surface area (Å²) in [4.78, 5) is 0. The topological polar surface area (TPSA) is 58.3 Å². The Morgan fingerprint density at radius 2 is 2.06 bits per heavy atom. The predicted molar refractivity (Wildman–Crippen MR) is 64.8 cm³/mol. The summed E-state index contributed by atoms with van der Waals surface area (Å²) in [5.41, 5.74) is 6.48. The number of hydrogen-bond donors (Lipinski definition) is 3. The Bertz CT molecular complexity index is 322. The lowest BCUT2D eigenvalue weighted by Gasteiger charge is -2.15. The van der Waals surface area contributed by atoms with E-state index in [1.807, 2.05) is 13.8 Å². The molecular weight excluding hydrogens is 207 g/mol.